The van der Waals surface area contributed by atoms with Crippen molar-refractivity contribution in [2.45, 2.75) is 46.1 Å². The molecule has 3 heteroatoms. The normalized spacial score (nSPS) is 12.8. The highest BCUT2D eigenvalue weighted by molar-refractivity contribution is 14.1. The molecular formula is C14H23IN2. The average Bonchev–Trinajstić information content (AvgIpc) is 2.21. The Bertz CT molecular complexity index is 350. The predicted molar refractivity (Wildman–Crippen MR) is 85.3 cm³/mol. The smallest absolute Gasteiger partial charge is 0.0479 e. The molecule has 0 aromatic heterocycles. The zero-order valence-corrected chi connectivity index (χ0v) is 13.1. The minimum Gasteiger partial charge on any atom is -0.399 e. The molecule has 17 heavy (non-hydrogen) atoms. The molecule has 1 unspecified atom stereocenters. The predicted octanol–water partition coefficient (Wildman–Crippen LogP) is 4.50. The lowest BCUT2D eigenvalue weighted by molar-refractivity contribution is 0.520. The van der Waals surface area contributed by atoms with E-state index in [4.69, 9.17) is 5.73 Å². The third-order valence-electron chi connectivity index (χ3n) is 2.81. The summed E-state index contributed by atoms with van der Waals surface area (Å²) in [6.45, 7) is 6.80. The molecule has 1 atom stereocenters. The fourth-order valence-corrected chi connectivity index (χ4v) is 2.51. The van der Waals surface area contributed by atoms with Crippen molar-refractivity contribution in [2.24, 2.45) is 5.92 Å². The lowest BCUT2D eigenvalue weighted by atomic mass is 10.0. The van der Waals surface area contributed by atoms with Crippen molar-refractivity contribution in [3.05, 3.63) is 21.8 Å². The third kappa shape index (κ3) is 5.61. The zero-order valence-electron chi connectivity index (χ0n) is 11.0. The Morgan fingerprint density at radius 1 is 1.24 bits per heavy atom. The maximum Gasteiger partial charge on any atom is 0.0479 e. The quantitative estimate of drug-likeness (QED) is 0.588. The highest BCUT2D eigenvalue weighted by Crippen LogP contribution is 2.22. The number of nitrogen functional groups attached to an aromatic ring is 1. The molecule has 0 bridgehead atoms. The maximum atomic E-state index is 5.74. The van der Waals surface area contributed by atoms with Crippen LogP contribution in [0.15, 0.2) is 18.2 Å². The Labute approximate surface area is 119 Å². The van der Waals surface area contributed by atoms with Crippen LogP contribution < -0.4 is 11.1 Å². The second-order valence-corrected chi connectivity index (χ2v) is 6.27. The van der Waals surface area contributed by atoms with Gasteiger partial charge >= 0.3 is 0 Å². The lowest BCUT2D eigenvalue weighted by Crippen LogP contribution is -2.16. The van der Waals surface area contributed by atoms with E-state index in [1.54, 1.807) is 0 Å². The molecule has 0 spiro atoms. The van der Waals surface area contributed by atoms with Crippen LogP contribution in [0.2, 0.25) is 0 Å². The Hall–Kier alpha value is -0.450. The molecule has 0 aliphatic heterocycles. The first kappa shape index (κ1) is 14.6. The number of hydrogen-bond acceptors (Lipinski definition) is 2. The summed E-state index contributed by atoms with van der Waals surface area (Å²) < 4.78 is 1.19. The molecule has 1 aromatic carbocycles. The summed E-state index contributed by atoms with van der Waals surface area (Å²) in [5, 5.41) is 3.55. The SMILES string of the molecule is CC(C)CCCC(C)Nc1ccc(N)cc1I. The van der Waals surface area contributed by atoms with Crippen molar-refractivity contribution in [3.8, 4) is 0 Å². The van der Waals surface area contributed by atoms with Gasteiger partial charge in [0.05, 0.1) is 0 Å². The van der Waals surface area contributed by atoms with Gasteiger partial charge in [-0.1, -0.05) is 26.7 Å². The van der Waals surface area contributed by atoms with E-state index in [9.17, 15) is 0 Å². The fourth-order valence-electron chi connectivity index (χ4n) is 1.82. The summed E-state index contributed by atoms with van der Waals surface area (Å²) in [6.07, 6.45) is 3.82. The van der Waals surface area contributed by atoms with Gasteiger partial charge in [0.1, 0.15) is 0 Å². The standard InChI is InChI=1S/C14H23IN2/c1-10(2)5-4-6-11(3)17-14-8-7-12(16)9-13(14)15/h7-11,17H,4-6,16H2,1-3H3. The topological polar surface area (TPSA) is 38.0 Å². The lowest BCUT2D eigenvalue weighted by Gasteiger charge is -2.17. The van der Waals surface area contributed by atoms with Gasteiger partial charge in [-0.05, 0) is 60.1 Å². The fraction of sp³-hybridized carbons (Fsp3) is 0.571. The van der Waals surface area contributed by atoms with Crippen LogP contribution in [0.4, 0.5) is 11.4 Å². The van der Waals surface area contributed by atoms with Crippen LogP contribution in [0.3, 0.4) is 0 Å². The summed E-state index contributed by atoms with van der Waals surface area (Å²) in [4.78, 5) is 0. The summed E-state index contributed by atoms with van der Waals surface area (Å²) >= 11 is 2.33. The molecule has 1 rings (SSSR count). The van der Waals surface area contributed by atoms with Crippen LogP contribution in [0, 0.1) is 9.49 Å². The van der Waals surface area contributed by atoms with Gasteiger partial charge in [-0.25, -0.2) is 0 Å². The summed E-state index contributed by atoms with van der Waals surface area (Å²) in [5.41, 5.74) is 7.76. The van der Waals surface area contributed by atoms with Gasteiger partial charge in [0.2, 0.25) is 0 Å². The van der Waals surface area contributed by atoms with E-state index in [0.29, 0.717) is 6.04 Å². The van der Waals surface area contributed by atoms with E-state index in [0.717, 1.165) is 11.6 Å². The third-order valence-corrected chi connectivity index (χ3v) is 3.71. The first-order valence-electron chi connectivity index (χ1n) is 6.30. The Balaban J connectivity index is 2.42. The average molecular weight is 346 g/mol. The molecule has 0 amide bonds. The minimum atomic E-state index is 0.519. The molecule has 0 heterocycles. The van der Waals surface area contributed by atoms with Crippen LogP contribution in [0.1, 0.15) is 40.0 Å². The molecule has 0 fully saturated rings. The summed E-state index contributed by atoms with van der Waals surface area (Å²) in [5.74, 6) is 0.804. The second-order valence-electron chi connectivity index (χ2n) is 5.11. The Morgan fingerprint density at radius 3 is 2.53 bits per heavy atom. The highest BCUT2D eigenvalue weighted by Gasteiger charge is 2.05. The van der Waals surface area contributed by atoms with Gasteiger partial charge in [-0.2, -0.15) is 0 Å². The molecule has 1 aromatic rings. The number of rotatable bonds is 6. The van der Waals surface area contributed by atoms with Crippen LogP contribution in [0.25, 0.3) is 0 Å². The summed E-state index contributed by atoms with van der Waals surface area (Å²) in [7, 11) is 0. The van der Waals surface area contributed by atoms with Crippen LogP contribution >= 0.6 is 22.6 Å². The zero-order chi connectivity index (χ0) is 12.8. The number of nitrogens with two attached hydrogens (primary N) is 1. The largest absolute Gasteiger partial charge is 0.399 e. The molecule has 96 valence electrons. The molecule has 0 aliphatic carbocycles. The molecule has 0 radical (unpaired) electrons. The van der Waals surface area contributed by atoms with Crippen molar-refractivity contribution in [3.63, 3.8) is 0 Å². The Morgan fingerprint density at radius 2 is 1.94 bits per heavy atom. The van der Waals surface area contributed by atoms with Gasteiger partial charge in [0, 0.05) is 21.0 Å². The molecule has 0 aliphatic rings. The van der Waals surface area contributed by atoms with E-state index in [2.05, 4.69) is 54.7 Å². The van der Waals surface area contributed by atoms with Gasteiger partial charge in [-0.3, -0.25) is 0 Å². The molecule has 0 saturated heterocycles. The van der Waals surface area contributed by atoms with E-state index in [1.807, 2.05) is 12.1 Å². The van der Waals surface area contributed by atoms with Gasteiger partial charge in [-0.15, -0.1) is 0 Å². The van der Waals surface area contributed by atoms with Crippen molar-refractivity contribution in [1.82, 2.24) is 0 Å². The monoisotopic (exact) mass is 346 g/mol. The van der Waals surface area contributed by atoms with E-state index in [-0.39, 0.29) is 0 Å². The molecular weight excluding hydrogens is 323 g/mol. The van der Waals surface area contributed by atoms with Crippen LogP contribution in [-0.2, 0) is 0 Å². The van der Waals surface area contributed by atoms with Crippen LogP contribution in [0.5, 0.6) is 0 Å². The van der Waals surface area contributed by atoms with Crippen LogP contribution in [-0.4, -0.2) is 6.04 Å². The number of benzene rings is 1. The number of anilines is 2. The van der Waals surface area contributed by atoms with E-state index in [1.165, 1.54) is 28.5 Å². The number of nitrogens with one attached hydrogen (secondary N) is 1. The molecule has 3 N–H and O–H groups in total. The van der Waals surface area contributed by atoms with E-state index < -0.39 is 0 Å². The summed E-state index contributed by atoms with van der Waals surface area (Å²) in [6, 6.07) is 6.54. The van der Waals surface area contributed by atoms with Gasteiger partial charge in [0.25, 0.3) is 0 Å². The number of halogens is 1. The Kier molecular flexibility index (Phi) is 6.09. The first-order chi connectivity index (χ1) is 7.99. The van der Waals surface area contributed by atoms with Crippen molar-refractivity contribution in [1.29, 1.82) is 0 Å². The maximum absolute atomic E-state index is 5.74. The highest BCUT2D eigenvalue weighted by atomic mass is 127. The van der Waals surface area contributed by atoms with Crippen molar-refractivity contribution in [2.75, 3.05) is 11.1 Å². The van der Waals surface area contributed by atoms with Gasteiger partial charge < -0.3 is 11.1 Å². The molecule has 2 nitrogen and oxygen atoms in total. The minimum absolute atomic E-state index is 0.519. The van der Waals surface area contributed by atoms with Gasteiger partial charge in [0.15, 0.2) is 0 Å². The second kappa shape index (κ2) is 7.09. The van der Waals surface area contributed by atoms with E-state index >= 15 is 0 Å². The first-order valence-corrected chi connectivity index (χ1v) is 7.38. The molecule has 0 saturated carbocycles. The van der Waals surface area contributed by atoms with Crippen molar-refractivity contribution >= 4 is 34.0 Å². The van der Waals surface area contributed by atoms with Crippen molar-refractivity contribution < 1.29 is 0 Å². The number of hydrogen-bond donors (Lipinski definition) is 2.